The zero-order valence-corrected chi connectivity index (χ0v) is 9.54. The van der Waals surface area contributed by atoms with E-state index in [1.807, 2.05) is 6.92 Å². The Morgan fingerprint density at radius 1 is 1.54 bits per heavy atom. The fourth-order valence-corrected chi connectivity index (χ4v) is 1.25. The van der Waals surface area contributed by atoms with Crippen LogP contribution in [0.3, 0.4) is 0 Å². The van der Waals surface area contributed by atoms with Crippen molar-refractivity contribution in [2.75, 3.05) is 20.3 Å². The summed E-state index contributed by atoms with van der Waals surface area (Å²) in [5, 5.41) is 6.99. The number of hydrogen-bond acceptors (Lipinski definition) is 2. The van der Waals surface area contributed by atoms with E-state index in [2.05, 4.69) is 17.6 Å². The van der Waals surface area contributed by atoms with E-state index in [0.717, 1.165) is 18.1 Å². The Bertz CT molecular complexity index is 142. The Hall–Kier alpha value is -0.350. The standard InChI is InChI=1S/C9H20N2OS/c1-4-5-6-10-9(13)11-8(2)7-12-3/h8H,4-7H2,1-3H3,(H2,10,11,13). The Balaban J connectivity index is 3.38. The highest BCUT2D eigenvalue weighted by molar-refractivity contribution is 7.80. The molecule has 0 amide bonds. The van der Waals surface area contributed by atoms with Crippen molar-refractivity contribution < 1.29 is 4.74 Å². The maximum absolute atomic E-state index is 5.08. The normalized spacial score (nSPS) is 12.2. The summed E-state index contributed by atoms with van der Waals surface area (Å²) in [6, 6.07) is 0.270. The molecule has 3 nitrogen and oxygen atoms in total. The third-order valence-electron chi connectivity index (χ3n) is 1.61. The third-order valence-corrected chi connectivity index (χ3v) is 1.87. The second kappa shape index (κ2) is 8.26. The molecule has 0 spiro atoms. The van der Waals surface area contributed by atoms with Crippen LogP contribution in [0.15, 0.2) is 0 Å². The summed E-state index contributed by atoms with van der Waals surface area (Å²) in [5.41, 5.74) is 0. The number of thiocarbonyl (C=S) groups is 1. The number of nitrogens with one attached hydrogen (secondary N) is 2. The Labute approximate surface area is 86.2 Å². The predicted octanol–water partition coefficient (Wildman–Crippen LogP) is 1.29. The van der Waals surface area contributed by atoms with Gasteiger partial charge in [-0.15, -0.1) is 0 Å². The summed E-state index contributed by atoms with van der Waals surface area (Å²) in [7, 11) is 1.69. The molecule has 0 aliphatic heterocycles. The average molecular weight is 204 g/mol. The van der Waals surface area contributed by atoms with Gasteiger partial charge in [-0.3, -0.25) is 0 Å². The number of methoxy groups -OCH3 is 1. The minimum Gasteiger partial charge on any atom is -0.383 e. The summed E-state index contributed by atoms with van der Waals surface area (Å²) in [4.78, 5) is 0. The first-order chi connectivity index (χ1) is 6.20. The van der Waals surface area contributed by atoms with Crippen LogP contribution in [-0.2, 0) is 4.74 Å². The zero-order valence-electron chi connectivity index (χ0n) is 8.72. The monoisotopic (exact) mass is 204 g/mol. The fraction of sp³-hybridized carbons (Fsp3) is 0.889. The molecule has 0 fully saturated rings. The highest BCUT2D eigenvalue weighted by Crippen LogP contribution is 1.85. The maximum atomic E-state index is 5.08. The van der Waals surface area contributed by atoms with Gasteiger partial charge >= 0.3 is 0 Å². The summed E-state index contributed by atoms with van der Waals surface area (Å²) in [6.45, 7) is 5.82. The smallest absolute Gasteiger partial charge is 0.166 e. The molecule has 0 radical (unpaired) electrons. The SMILES string of the molecule is CCCCNC(=S)NC(C)COC. The van der Waals surface area contributed by atoms with Crippen LogP contribution in [0.1, 0.15) is 26.7 Å². The lowest BCUT2D eigenvalue weighted by Gasteiger charge is -2.15. The van der Waals surface area contributed by atoms with Gasteiger partial charge in [-0.05, 0) is 25.6 Å². The molecular formula is C9H20N2OS. The van der Waals surface area contributed by atoms with E-state index in [4.69, 9.17) is 17.0 Å². The van der Waals surface area contributed by atoms with E-state index in [1.165, 1.54) is 6.42 Å². The molecule has 0 aromatic carbocycles. The number of unbranched alkanes of at least 4 members (excludes halogenated alkanes) is 1. The van der Waals surface area contributed by atoms with Crippen molar-refractivity contribution in [2.45, 2.75) is 32.7 Å². The molecule has 0 rings (SSSR count). The van der Waals surface area contributed by atoms with Gasteiger partial charge in [0.2, 0.25) is 0 Å². The Morgan fingerprint density at radius 2 is 2.23 bits per heavy atom. The lowest BCUT2D eigenvalue weighted by Crippen LogP contribution is -2.42. The molecule has 0 heterocycles. The van der Waals surface area contributed by atoms with Crippen molar-refractivity contribution >= 4 is 17.3 Å². The van der Waals surface area contributed by atoms with Crippen LogP contribution in [0.4, 0.5) is 0 Å². The summed E-state index contributed by atoms with van der Waals surface area (Å²) in [5.74, 6) is 0. The minimum atomic E-state index is 0.270. The molecule has 2 N–H and O–H groups in total. The first-order valence-corrected chi connectivity index (χ1v) is 5.14. The number of hydrogen-bond donors (Lipinski definition) is 2. The van der Waals surface area contributed by atoms with Gasteiger partial charge in [0.15, 0.2) is 5.11 Å². The predicted molar refractivity (Wildman–Crippen MR) is 60.0 cm³/mol. The molecule has 0 saturated carbocycles. The minimum absolute atomic E-state index is 0.270. The van der Waals surface area contributed by atoms with Gasteiger partial charge in [0.1, 0.15) is 0 Å². The number of rotatable bonds is 6. The molecule has 78 valence electrons. The van der Waals surface area contributed by atoms with Crippen molar-refractivity contribution in [2.24, 2.45) is 0 Å². The highest BCUT2D eigenvalue weighted by Gasteiger charge is 2.01. The van der Waals surface area contributed by atoms with Gasteiger partial charge in [-0.25, -0.2) is 0 Å². The van der Waals surface area contributed by atoms with E-state index in [9.17, 15) is 0 Å². The van der Waals surface area contributed by atoms with Crippen LogP contribution in [-0.4, -0.2) is 31.4 Å². The van der Waals surface area contributed by atoms with Gasteiger partial charge in [-0.2, -0.15) is 0 Å². The van der Waals surface area contributed by atoms with Crippen molar-refractivity contribution in [3.05, 3.63) is 0 Å². The molecule has 0 aromatic heterocycles. The van der Waals surface area contributed by atoms with Crippen molar-refractivity contribution in [1.29, 1.82) is 0 Å². The van der Waals surface area contributed by atoms with E-state index in [0.29, 0.717) is 6.61 Å². The fourth-order valence-electron chi connectivity index (χ4n) is 0.945. The molecule has 4 heteroatoms. The first-order valence-electron chi connectivity index (χ1n) is 4.74. The topological polar surface area (TPSA) is 33.3 Å². The molecule has 1 atom stereocenters. The maximum Gasteiger partial charge on any atom is 0.166 e. The van der Waals surface area contributed by atoms with Crippen LogP contribution in [0.5, 0.6) is 0 Å². The molecule has 0 aromatic rings. The zero-order chi connectivity index (χ0) is 10.1. The van der Waals surface area contributed by atoms with E-state index < -0.39 is 0 Å². The Kier molecular flexibility index (Phi) is 8.04. The second-order valence-corrected chi connectivity index (χ2v) is 3.52. The van der Waals surface area contributed by atoms with Crippen LogP contribution in [0.2, 0.25) is 0 Å². The van der Waals surface area contributed by atoms with Crippen molar-refractivity contribution in [1.82, 2.24) is 10.6 Å². The van der Waals surface area contributed by atoms with Crippen LogP contribution in [0.25, 0.3) is 0 Å². The van der Waals surface area contributed by atoms with E-state index in [-0.39, 0.29) is 6.04 Å². The molecule has 0 saturated heterocycles. The molecule has 0 aliphatic carbocycles. The summed E-state index contributed by atoms with van der Waals surface area (Å²) in [6.07, 6.45) is 2.34. The molecule has 13 heavy (non-hydrogen) atoms. The second-order valence-electron chi connectivity index (χ2n) is 3.11. The van der Waals surface area contributed by atoms with Crippen molar-refractivity contribution in [3.63, 3.8) is 0 Å². The van der Waals surface area contributed by atoms with Crippen LogP contribution in [0, 0.1) is 0 Å². The lowest BCUT2D eigenvalue weighted by molar-refractivity contribution is 0.179. The van der Waals surface area contributed by atoms with Crippen LogP contribution < -0.4 is 10.6 Å². The molecule has 1 unspecified atom stereocenters. The highest BCUT2D eigenvalue weighted by atomic mass is 32.1. The summed E-state index contributed by atoms with van der Waals surface area (Å²) >= 11 is 5.08. The van der Waals surface area contributed by atoms with Gasteiger partial charge in [-0.1, -0.05) is 13.3 Å². The van der Waals surface area contributed by atoms with E-state index >= 15 is 0 Å². The van der Waals surface area contributed by atoms with Gasteiger partial charge in [0, 0.05) is 19.7 Å². The average Bonchev–Trinajstić information content (AvgIpc) is 2.05. The van der Waals surface area contributed by atoms with E-state index in [1.54, 1.807) is 7.11 Å². The van der Waals surface area contributed by atoms with Gasteiger partial charge in [0.05, 0.1) is 6.61 Å². The van der Waals surface area contributed by atoms with Gasteiger partial charge < -0.3 is 15.4 Å². The molecule has 0 bridgehead atoms. The van der Waals surface area contributed by atoms with Gasteiger partial charge in [0.25, 0.3) is 0 Å². The molecule has 0 aliphatic rings. The van der Waals surface area contributed by atoms with Crippen molar-refractivity contribution in [3.8, 4) is 0 Å². The third kappa shape index (κ3) is 7.99. The largest absolute Gasteiger partial charge is 0.383 e. The molecular weight excluding hydrogens is 184 g/mol. The quantitative estimate of drug-likeness (QED) is 0.504. The summed E-state index contributed by atoms with van der Waals surface area (Å²) < 4.78 is 4.98. The first kappa shape index (κ1) is 12.7. The van der Waals surface area contributed by atoms with Crippen LogP contribution >= 0.6 is 12.2 Å². The Morgan fingerprint density at radius 3 is 2.77 bits per heavy atom. The lowest BCUT2D eigenvalue weighted by atomic mass is 10.3. The number of ether oxygens (including phenoxy) is 1.